The number of ether oxygens (including phenoxy) is 2. The number of rotatable bonds is 5. The highest BCUT2D eigenvalue weighted by Gasteiger charge is 2.16. The van der Waals surface area contributed by atoms with Crippen LogP contribution in [0.3, 0.4) is 0 Å². The van der Waals surface area contributed by atoms with Crippen LogP contribution in [0.25, 0.3) is 0 Å². The van der Waals surface area contributed by atoms with E-state index >= 15 is 0 Å². The Bertz CT molecular complexity index is 393. The fourth-order valence-corrected chi connectivity index (χ4v) is 1.22. The molecule has 0 amide bonds. The third kappa shape index (κ3) is 4.11. The van der Waals surface area contributed by atoms with Crippen LogP contribution < -0.4 is 0 Å². The second-order valence-corrected chi connectivity index (χ2v) is 3.50. The summed E-state index contributed by atoms with van der Waals surface area (Å²) in [7, 11) is 0. The highest BCUT2D eigenvalue weighted by Crippen LogP contribution is 2.11. The Kier molecular flexibility index (Phi) is 5.03. The van der Waals surface area contributed by atoms with Crippen molar-refractivity contribution in [1.82, 2.24) is 0 Å². The molecule has 1 atom stereocenters. The summed E-state index contributed by atoms with van der Waals surface area (Å²) in [4.78, 5) is 11.5. The van der Waals surface area contributed by atoms with Crippen molar-refractivity contribution < 1.29 is 23.0 Å². The molecule has 0 spiro atoms. The highest BCUT2D eigenvalue weighted by atomic mass is 19.1. The van der Waals surface area contributed by atoms with Gasteiger partial charge >= 0.3 is 5.97 Å². The number of carbonyl (C=O) groups excluding carboxylic acids is 1. The van der Waals surface area contributed by atoms with Crippen LogP contribution in [-0.4, -0.2) is 25.3 Å². The number of hydrogen-bond donors (Lipinski definition) is 0. The molecule has 0 radical (unpaired) electrons. The molecule has 0 aromatic heterocycles. The maximum atomic E-state index is 13.2. The zero-order chi connectivity index (χ0) is 12.8. The van der Waals surface area contributed by atoms with Crippen LogP contribution in [0.4, 0.5) is 8.78 Å². The Morgan fingerprint density at radius 1 is 1.41 bits per heavy atom. The van der Waals surface area contributed by atoms with E-state index < -0.39 is 23.7 Å². The molecule has 0 bridgehead atoms. The van der Waals surface area contributed by atoms with Gasteiger partial charge in [-0.2, -0.15) is 0 Å². The molecule has 0 saturated heterocycles. The fourth-order valence-electron chi connectivity index (χ4n) is 1.22. The van der Waals surface area contributed by atoms with Crippen LogP contribution in [0.15, 0.2) is 18.2 Å². The maximum Gasteiger partial charge on any atom is 0.341 e. The van der Waals surface area contributed by atoms with Crippen molar-refractivity contribution in [1.29, 1.82) is 0 Å². The predicted molar refractivity (Wildman–Crippen MR) is 57.7 cm³/mol. The fraction of sp³-hybridized carbons (Fsp3) is 0.417. The molecular weight excluding hydrogens is 230 g/mol. The monoisotopic (exact) mass is 244 g/mol. The Morgan fingerprint density at radius 3 is 2.71 bits per heavy atom. The molecule has 1 aromatic carbocycles. The minimum Gasteiger partial charge on any atom is -0.457 e. The van der Waals surface area contributed by atoms with Gasteiger partial charge in [0.25, 0.3) is 0 Å². The zero-order valence-electron chi connectivity index (χ0n) is 9.70. The molecule has 0 fully saturated rings. The highest BCUT2D eigenvalue weighted by molar-refractivity contribution is 5.89. The maximum absolute atomic E-state index is 13.2. The third-order valence-electron chi connectivity index (χ3n) is 2.02. The van der Waals surface area contributed by atoms with Crippen LogP contribution in [0.1, 0.15) is 24.2 Å². The van der Waals surface area contributed by atoms with E-state index in [9.17, 15) is 13.6 Å². The van der Waals surface area contributed by atoms with E-state index in [0.29, 0.717) is 12.7 Å². The number of hydrogen-bond acceptors (Lipinski definition) is 3. The molecule has 1 aromatic rings. The molecule has 5 heteroatoms. The van der Waals surface area contributed by atoms with Gasteiger partial charge in [0.2, 0.25) is 0 Å². The van der Waals surface area contributed by atoms with Crippen LogP contribution in [0.5, 0.6) is 0 Å². The minimum atomic E-state index is -0.932. The Morgan fingerprint density at radius 2 is 2.12 bits per heavy atom. The summed E-state index contributed by atoms with van der Waals surface area (Å²) in [6.07, 6.45) is -0.480. The molecule has 0 aliphatic rings. The van der Waals surface area contributed by atoms with Crippen LogP contribution in [0.2, 0.25) is 0 Å². The van der Waals surface area contributed by atoms with Gasteiger partial charge in [0, 0.05) is 12.7 Å². The van der Waals surface area contributed by atoms with E-state index in [2.05, 4.69) is 0 Å². The van der Waals surface area contributed by atoms with Crippen LogP contribution in [-0.2, 0) is 9.47 Å². The molecule has 0 heterocycles. The molecule has 0 unspecified atom stereocenters. The molecule has 0 N–H and O–H groups in total. The van der Waals surface area contributed by atoms with Gasteiger partial charge in [-0.05, 0) is 26.0 Å². The second kappa shape index (κ2) is 6.30. The summed E-state index contributed by atoms with van der Waals surface area (Å²) < 4.78 is 35.8. The van der Waals surface area contributed by atoms with E-state index in [1.807, 2.05) is 6.92 Å². The third-order valence-corrected chi connectivity index (χ3v) is 2.02. The van der Waals surface area contributed by atoms with E-state index in [-0.39, 0.29) is 12.2 Å². The van der Waals surface area contributed by atoms with Gasteiger partial charge in [0.1, 0.15) is 17.7 Å². The number of esters is 1. The van der Waals surface area contributed by atoms with Crippen molar-refractivity contribution in [3.63, 3.8) is 0 Å². The molecule has 0 aliphatic heterocycles. The summed E-state index contributed by atoms with van der Waals surface area (Å²) >= 11 is 0. The zero-order valence-corrected chi connectivity index (χ0v) is 9.70. The normalized spacial score (nSPS) is 12.2. The number of halogens is 2. The first-order valence-electron chi connectivity index (χ1n) is 5.28. The van der Waals surface area contributed by atoms with Crippen molar-refractivity contribution in [3.8, 4) is 0 Å². The van der Waals surface area contributed by atoms with Gasteiger partial charge < -0.3 is 9.47 Å². The quantitative estimate of drug-likeness (QED) is 0.747. The summed E-state index contributed by atoms with van der Waals surface area (Å²) in [5.74, 6) is -2.49. The SMILES string of the molecule is CCOC[C@H](C)OC(=O)c1ccc(F)cc1F. The van der Waals surface area contributed by atoms with Gasteiger partial charge in [-0.15, -0.1) is 0 Å². The average molecular weight is 244 g/mol. The Labute approximate surface area is 98.3 Å². The Balaban J connectivity index is 2.63. The molecule has 0 saturated carbocycles. The van der Waals surface area contributed by atoms with Crippen LogP contribution >= 0.6 is 0 Å². The number of benzene rings is 1. The van der Waals surface area contributed by atoms with Gasteiger partial charge in [0.15, 0.2) is 0 Å². The molecular formula is C12H14F2O3. The van der Waals surface area contributed by atoms with Crippen molar-refractivity contribution in [2.75, 3.05) is 13.2 Å². The topological polar surface area (TPSA) is 35.5 Å². The lowest BCUT2D eigenvalue weighted by Gasteiger charge is -2.13. The lowest BCUT2D eigenvalue weighted by Crippen LogP contribution is -2.21. The molecule has 17 heavy (non-hydrogen) atoms. The summed E-state index contributed by atoms with van der Waals surface area (Å²) in [6.45, 7) is 4.20. The van der Waals surface area contributed by atoms with Gasteiger partial charge in [-0.3, -0.25) is 0 Å². The van der Waals surface area contributed by atoms with E-state index in [1.54, 1.807) is 6.92 Å². The molecule has 3 nitrogen and oxygen atoms in total. The lowest BCUT2D eigenvalue weighted by atomic mass is 10.2. The molecule has 94 valence electrons. The first-order chi connectivity index (χ1) is 8.04. The second-order valence-electron chi connectivity index (χ2n) is 3.50. The van der Waals surface area contributed by atoms with Gasteiger partial charge in [-0.25, -0.2) is 13.6 Å². The lowest BCUT2D eigenvalue weighted by molar-refractivity contribution is 0.00400. The van der Waals surface area contributed by atoms with Gasteiger partial charge in [-0.1, -0.05) is 0 Å². The van der Waals surface area contributed by atoms with Crippen molar-refractivity contribution in [3.05, 3.63) is 35.4 Å². The van der Waals surface area contributed by atoms with Crippen molar-refractivity contribution in [2.24, 2.45) is 0 Å². The summed E-state index contributed by atoms with van der Waals surface area (Å²) in [5.41, 5.74) is -0.283. The van der Waals surface area contributed by atoms with Crippen molar-refractivity contribution in [2.45, 2.75) is 20.0 Å². The van der Waals surface area contributed by atoms with Gasteiger partial charge in [0.05, 0.1) is 12.2 Å². The summed E-state index contributed by atoms with van der Waals surface area (Å²) in [6, 6.07) is 2.71. The standard InChI is InChI=1S/C12H14F2O3/c1-3-16-7-8(2)17-12(15)10-5-4-9(13)6-11(10)14/h4-6,8H,3,7H2,1-2H3/t8-/m0/s1. The van der Waals surface area contributed by atoms with E-state index in [1.165, 1.54) is 0 Å². The van der Waals surface area contributed by atoms with Crippen LogP contribution in [0, 0.1) is 11.6 Å². The average Bonchev–Trinajstić information content (AvgIpc) is 2.26. The minimum absolute atomic E-state index is 0.241. The van der Waals surface area contributed by atoms with E-state index in [4.69, 9.17) is 9.47 Å². The van der Waals surface area contributed by atoms with Crippen molar-refractivity contribution >= 4 is 5.97 Å². The molecule has 1 rings (SSSR count). The Hall–Kier alpha value is -1.49. The molecule has 0 aliphatic carbocycles. The summed E-state index contributed by atoms with van der Waals surface area (Å²) in [5, 5.41) is 0. The first kappa shape index (κ1) is 13.6. The van der Waals surface area contributed by atoms with E-state index in [0.717, 1.165) is 12.1 Å². The predicted octanol–water partition coefficient (Wildman–Crippen LogP) is 2.55. The smallest absolute Gasteiger partial charge is 0.341 e. The first-order valence-corrected chi connectivity index (χ1v) is 5.28. The largest absolute Gasteiger partial charge is 0.457 e. The number of carbonyl (C=O) groups is 1.